The number of phenolic OH excluding ortho intramolecular Hbond substituents is 1. The summed E-state index contributed by atoms with van der Waals surface area (Å²) in [6.07, 6.45) is 1.46. The zero-order chi connectivity index (χ0) is 24.5. The molecule has 1 aromatic carbocycles. The second-order valence-electron chi connectivity index (χ2n) is 8.39. The summed E-state index contributed by atoms with van der Waals surface area (Å²) in [5.41, 5.74) is 0.563. The smallest absolute Gasteiger partial charge is 0.326 e. The molecule has 1 heterocycles. The number of amides is 3. The predicted octanol–water partition coefficient (Wildman–Crippen LogP) is -1.13. The lowest BCUT2D eigenvalue weighted by Crippen LogP contribution is -2.59. The molecule has 1 fully saturated rings. The van der Waals surface area contributed by atoms with Crippen molar-refractivity contribution in [3.05, 3.63) is 29.8 Å². The fraction of sp³-hybridized carbons (Fsp3) is 0.545. The van der Waals surface area contributed by atoms with E-state index in [1.54, 1.807) is 13.8 Å². The lowest BCUT2D eigenvalue weighted by Gasteiger charge is -2.26. The van der Waals surface area contributed by atoms with E-state index in [1.165, 1.54) is 24.3 Å². The van der Waals surface area contributed by atoms with Gasteiger partial charge in [0.05, 0.1) is 12.6 Å². The van der Waals surface area contributed by atoms with Crippen LogP contribution in [0.3, 0.4) is 0 Å². The van der Waals surface area contributed by atoms with Crippen LogP contribution in [0.15, 0.2) is 24.3 Å². The van der Waals surface area contributed by atoms with E-state index in [-0.39, 0.29) is 30.0 Å². The number of hydrogen-bond donors (Lipinski definition) is 7. The number of hydrogen-bond acceptors (Lipinski definition) is 7. The summed E-state index contributed by atoms with van der Waals surface area (Å²) in [6.45, 7) is 3.43. The van der Waals surface area contributed by atoms with Gasteiger partial charge in [0.15, 0.2) is 0 Å². The number of aliphatic carboxylic acids is 1. The highest BCUT2D eigenvalue weighted by atomic mass is 16.4. The van der Waals surface area contributed by atoms with Crippen LogP contribution in [0.1, 0.15) is 32.3 Å². The van der Waals surface area contributed by atoms with Crippen LogP contribution < -0.4 is 21.3 Å². The molecule has 1 aliphatic heterocycles. The van der Waals surface area contributed by atoms with Gasteiger partial charge in [-0.1, -0.05) is 26.0 Å². The minimum absolute atomic E-state index is 0.0215. The number of aliphatic hydroxyl groups is 1. The third-order valence-electron chi connectivity index (χ3n) is 5.43. The van der Waals surface area contributed by atoms with Gasteiger partial charge >= 0.3 is 5.97 Å². The van der Waals surface area contributed by atoms with E-state index in [9.17, 15) is 34.5 Å². The van der Waals surface area contributed by atoms with E-state index in [1.807, 2.05) is 0 Å². The van der Waals surface area contributed by atoms with E-state index in [2.05, 4.69) is 21.3 Å². The van der Waals surface area contributed by atoms with Gasteiger partial charge in [-0.3, -0.25) is 14.4 Å². The van der Waals surface area contributed by atoms with Crippen LogP contribution in [0.4, 0.5) is 0 Å². The maximum Gasteiger partial charge on any atom is 0.326 e. The van der Waals surface area contributed by atoms with Crippen LogP contribution in [0.25, 0.3) is 0 Å². The van der Waals surface area contributed by atoms with Gasteiger partial charge in [0, 0.05) is 6.42 Å². The molecule has 3 amide bonds. The largest absolute Gasteiger partial charge is 0.508 e. The Bertz CT molecular complexity index is 838. The summed E-state index contributed by atoms with van der Waals surface area (Å²) in [7, 11) is 0. The van der Waals surface area contributed by atoms with Gasteiger partial charge < -0.3 is 36.6 Å². The van der Waals surface area contributed by atoms with E-state index in [0.717, 1.165) is 13.0 Å². The zero-order valence-electron chi connectivity index (χ0n) is 18.7. The van der Waals surface area contributed by atoms with Crippen molar-refractivity contribution in [1.82, 2.24) is 21.3 Å². The third kappa shape index (κ3) is 7.72. The summed E-state index contributed by atoms with van der Waals surface area (Å²) in [6, 6.07) is 1.81. The van der Waals surface area contributed by atoms with Crippen LogP contribution in [0.2, 0.25) is 0 Å². The number of aliphatic hydroxyl groups excluding tert-OH is 1. The quantitative estimate of drug-likeness (QED) is 0.215. The second-order valence-corrected chi connectivity index (χ2v) is 8.39. The summed E-state index contributed by atoms with van der Waals surface area (Å²) in [5.74, 6) is -3.41. The molecular weight excluding hydrogens is 432 g/mol. The van der Waals surface area contributed by atoms with Gasteiger partial charge in [0.2, 0.25) is 17.7 Å². The maximum atomic E-state index is 12.8. The van der Waals surface area contributed by atoms with E-state index >= 15 is 0 Å². The molecule has 4 atom stereocenters. The molecule has 1 saturated heterocycles. The minimum Gasteiger partial charge on any atom is -0.508 e. The highest BCUT2D eigenvalue weighted by Crippen LogP contribution is 2.12. The number of rotatable bonds is 11. The van der Waals surface area contributed by atoms with Gasteiger partial charge in [-0.15, -0.1) is 0 Å². The minimum atomic E-state index is -1.40. The molecule has 182 valence electrons. The summed E-state index contributed by atoms with van der Waals surface area (Å²) < 4.78 is 0. The summed E-state index contributed by atoms with van der Waals surface area (Å²) >= 11 is 0. The van der Waals surface area contributed by atoms with Crippen molar-refractivity contribution in [2.45, 2.75) is 57.3 Å². The van der Waals surface area contributed by atoms with Crippen molar-refractivity contribution in [2.75, 3.05) is 13.2 Å². The molecule has 0 saturated carbocycles. The lowest BCUT2D eigenvalue weighted by atomic mass is 10.0. The van der Waals surface area contributed by atoms with E-state index in [0.29, 0.717) is 12.0 Å². The topological polar surface area (TPSA) is 177 Å². The fourth-order valence-electron chi connectivity index (χ4n) is 3.49. The average Bonchev–Trinajstić information content (AvgIpc) is 3.31. The molecule has 0 bridgehead atoms. The van der Waals surface area contributed by atoms with Crippen molar-refractivity contribution >= 4 is 23.7 Å². The van der Waals surface area contributed by atoms with Crippen molar-refractivity contribution in [1.29, 1.82) is 0 Å². The third-order valence-corrected chi connectivity index (χ3v) is 5.43. The predicted molar refractivity (Wildman–Crippen MR) is 118 cm³/mol. The van der Waals surface area contributed by atoms with Crippen LogP contribution in [-0.4, -0.2) is 76.3 Å². The van der Waals surface area contributed by atoms with Crippen molar-refractivity contribution < 1.29 is 34.5 Å². The molecule has 11 nitrogen and oxygen atoms in total. The van der Waals surface area contributed by atoms with Crippen LogP contribution >= 0.6 is 0 Å². The zero-order valence-corrected chi connectivity index (χ0v) is 18.7. The highest BCUT2D eigenvalue weighted by Gasteiger charge is 2.32. The molecule has 2 rings (SSSR count). The number of benzene rings is 1. The molecule has 0 aliphatic carbocycles. The Morgan fingerprint density at radius 3 is 2.18 bits per heavy atom. The Morgan fingerprint density at radius 2 is 1.67 bits per heavy atom. The number of phenols is 1. The number of carbonyl (C=O) groups excluding carboxylic acids is 3. The molecule has 4 unspecified atom stereocenters. The van der Waals surface area contributed by atoms with Crippen molar-refractivity contribution in [3.8, 4) is 5.75 Å². The molecule has 0 spiro atoms. The molecule has 0 aromatic heterocycles. The van der Waals surface area contributed by atoms with Crippen LogP contribution in [0, 0.1) is 5.92 Å². The Balaban J connectivity index is 2.01. The number of carbonyl (C=O) groups is 4. The fourth-order valence-corrected chi connectivity index (χ4v) is 3.49. The van der Waals surface area contributed by atoms with Crippen LogP contribution in [-0.2, 0) is 25.6 Å². The lowest BCUT2D eigenvalue weighted by molar-refractivity contribution is -0.142. The number of carboxylic acids is 1. The second kappa shape index (κ2) is 12.2. The molecular formula is C22H32N4O7. The van der Waals surface area contributed by atoms with Gasteiger partial charge in [-0.05, 0) is 43.0 Å². The summed E-state index contributed by atoms with van der Waals surface area (Å²) in [5, 5.41) is 38.9. The highest BCUT2D eigenvalue weighted by molar-refractivity contribution is 5.94. The Morgan fingerprint density at radius 1 is 1.03 bits per heavy atom. The molecule has 33 heavy (non-hydrogen) atoms. The average molecular weight is 465 g/mol. The van der Waals surface area contributed by atoms with E-state index < -0.39 is 42.5 Å². The first-order valence-electron chi connectivity index (χ1n) is 10.9. The Kier molecular flexibility index (Phi) is 9.61. The normalized spacial score (nSPS) is 18.2. The number of nitrogens with one attached hydrogen (secondary N) is 4. The van der Waals surface area contributed by atoms with Gasteiger partial charge in [0.1, 0.15) is 23.9 Å². The van der Waals surface area contributed by atoms with Gasteiger partial charge in [-0.25, -0.2) is 4.79 Å². The SMILES string of the molecule is CC(C)C(NC(=O)C1CCCN1)C(=O)NC(CO)C(=O)NC(Cc1ccc(O)cc1)C(=O)O. The van der Waals surface area contributed by atoms with Crippen molar-refractivity contribution in [3.63, 3.8) is 0 Å². The van der Waals surface area contributed by atoms with Crippen LogP contribution in [0.5, 0.6) is 5.75 Å². The number of carboxylic acid groups (broad SMARTS) is 1. The first-order chi connectivity index (χ1) is 15.6. The van der Waals surface area contributed by atoms with E-state index in [4.69, 9.17) is 0 Å². The molecule has 11 heteroatoms. The van der Waals surface area contributed by atoms with Crippen molar-refractivity contribution in [2.24, 2.45) is 5.92 Å². The first kappa shape index (κ1) is 26.1. The number of aromatic hydroxyl groups is 1. The molecule has 1 aromatic rings. The molecule has 1 aliphatic rings. The van der Waals surface area contributed by atoms with Gasteiger partial charge in [0.25, 0.3) is 0 Å². The van der Waals surface area contributed by atoms with Gasteiger partial charge in [-0.2, -0.15) is 0 Å². The standard InChI is InChI=1S/C22H32N4O7/c1-12(2)18(26-19(29)15-4-3-9-23-15)21(31)25-17(11-27)20(30)24-16(22(32)33)10-13-5-7-14(28)8-6-13/h5-8,12,15-18,23,27-28H,3-4,9-11H2,1-2H3,(H,24,30)(H,25,31)(H,26,29)(H,32,33). The monoisotopic (exact) mass is 464 g/mol. The Labute approximate surface area is 191 Å². The Hall–Kier alpha value is -3.18. The first-order valence-corrected chi connectivity index (χ1v) is 10.9. The summed E-state index contributed by atoms with van der Waals surface area (Å²) in [4.78, 5) is 49.4. The maximum absolute atomic E-state index is 12.8. The molecule has 7 N–H and O–H groups in total. The molecule has 0 radical (unpaired) electrons.